The predicted octanol–water partition coefficient (Wildman–Crippen LogP) is 3.35. The van der Waals surface area contributed by atoms with E-state index in [1.165, 1.54) is 6.20 Å². The van der Waals surface area contributed by atoms with E-state index in [1.54, 1.807) is 48.7 Å². The second-order valence-electron chi connectivity index (χ2n) is 6.42. The zero-order chi connectivity index (χ0) is 19.8. The molecule has 1 N–H and O–H groups in total. The Kier molecular flexibility index (Phi) is 6.55. The molecule has 28 heavy (non-hydrogen) atoms. The van der Waals surface area contributed by atoms with Crippen LogP contribution >= 0.6 is 0 Å². The Morgan fingerprint density at radius 1 is 0.929 bits per heavy atom. The molecule has 6 heteroatoms. The summed E-state index contributed by atoms with van der Waals surface area (Å²) in [6, 6.07) is 21.4. The Bertz CT molecular complexity index is 992. The zero-order valence-corrected chi connectivity index (χ0v) is 16.2. The van der Waals surface area contributed by atoms with Crippen LogP contribution < -0.4 is 5.32 Å². The predicted molar refractivity (Wildman–Crippen MR) is 108 cm³/mol. The molecule has 1 amide bonds. The number of amides is 1. The van der Waals surface area contributed by atoms with Crippen molar-refractivity contribution in [2.75, 3.05) is 6.54 Å². The first-order valence-corrected chi connectivity index (χ1v) is 10.6. The van der Waals surface area contributed by atoms with Crippen LogP contribution in [0.15, 0.2) is 90.1 Å². The second kappa shape index (κ2) is 9.28. The molecule has 0 spiro atoms. The minimum absolute atomic E-state index is 0.00343. The highest BCUT2D eigenvalue weighted by Gasteiger charge is 2.29. The SMILES string of the molecule is O=C(CCc1ccccc1)NCC(c1cccnc1)S(=O)(=O)c1ccccc1. The van der Waals surface area contributed by atoms with Gasteiger partial charge in [0.2, 0.25) is 5.91 Å². The van der Waals surface area contributed by atoms with Gasteiger partial charge in [-0.2, -0.15) is 0 Å². The summed E-state index contributed by atoms with van der Waals surface area (Å²) in [5.41, 5.74) is 1.62. The molecule has 2 aromatic carbocycles. The largest absolute Gasteiger partial charge is 0.354 e. The van der Waals surface area contributed by atoms with Crippen LogP contribution in [0.2, 0.25) is 0 Å². The molecule has 0 radical (unpaired) electrons. The highest BCUT2D eigenvalue weighted by molar-refractivity contribution is 7.91. The summed E-state index contributed by atoms with van der Waals surface area (Å²) in [6.07, 6.45) is 4.03. The average molecular weight is 394 g/mol. The first kappa shape index (κ1) is 19.8. The van der Waals surface area contributed by atoms with Gasteiger partial charge >= 0.3 is 0 Å². The molecule has 1 aromatic heterocycles. The van der Waals surface area contributed by atoms with E-state index in [2.05, 4.69) is 10.3 Å². The summed E-state index contributed by atoms with van der Waals surface area (Å²) in [4.78, 5) is 16.6. The molecule has 144 valence electrons. The molecule has 0 saturated carbocycles. The summed E-state index contributed by atoms with van der Waals surface area (Å²) in [7, 11) is -3.67. The summed E-state index contributed by atoms with van der Waals surface area (Å²) >= 11 is 0. The van der Waals surface area contributed by atoms with Crippen molar-refractivity contribution in [2.24, 2.45) is 0 Å². The standard InChI is InChI=1S/C22H22N2O3S/c25-22(14-13-18-8-3-1-4-9-18)24-17-21(19-10-7-15-23-16-19)28(26,27)20-11-5-2-6-12-20/h1-12,15-16,21H,13-14,17H2,(H,24,25). The molecule has 0 saturated heterocycles. The van der Waals surface area contributed by atoms with Gasteiger partial charge in [0.05, 0.1) is 4.90 Å². The molecule has 1 heterocycles. The van der Waals surface area contributed by atoms with Crippen molar-refractivity contribution in [3.05, 3.63) is 96.3 Å². The second-order valence-corrected chi connectivity index (χ2v) is 8.55. The van der Waals surface area contributed by atoms with Crippen LogP contribution in [-0.2, 0) is 21.1 Å². The van der Waals surface area contributed by atoms with Gasteiger partial charge in [0.1, 0.15) is 5.25 Å². The number of pyridine rings is 1. The average Bonchev–Trinajstić information content (AvgIpc) is 2.74. The molecule has 5 nitrogen and oxygen atoms in total. The van der Waals surface area contributed by atoms with E-state index in [9.17, 15) is 13.2 Å². The van der Waals surface area contributed by atoms with Crippen molar-refractivity contribution in [3.63, 3.8) is 0 Å². The lowest BCUT2D eigenvalue weighted by Gasteiger charge is -2.19. The van der Waals surface area contributed by atoms with E-state index >= 15 is 0 Å². The lowest BCUT2D eigenvalue weighted by molar-refractivity contribution is -0.121. The summed E-state index contributed by atoms with van der Waals surface area (Å²) in [5, 5.41) is 1.88. The third-order valence-corrected chi connectivity index (χ3v) is 6.59. The number of sulfone groups is 1. The summed E-state index contributed by atoms with van der Waals surface area (Å²) < 4.78 is 26.3. The number of aromatic nitrogens is 1. The molecule has 0 aliphatic rings. The number of hydrogen-bond acceptors (Lipinski definition) is 4. The molecule has 0 bridgehead atoms. The Hall–Kier alpha value is -2.99. The highest BCUT2D eigenvalue weighted by Crippen LogP contribution is 2.27. The molecule has 1 unspecified atom stereocenters. The van der Waals surface area contributed by atoms with Gasteiger partial charge in [-0.25, -0.2) is 8.42 Å². The molecule has 3 rings (SSSR count). The fraction of sp³-hybridized carbons (Fsp3) is 0.182. The number of rotatable bonds is 8. The normalized spacial score (nSPS) is 12.3. The third-order valence-electron chi connectivity index (χ3n) is 4.47. The molecule has 0 aliphatic heterocycles. The van der Waals surface area contributed by atoms with Crippen LogP contribution in [0, 0.1) is 0 Å². The number of benzene rings is 2. The molecule has 1 atom stereocenters. The van der Waals surface area contributed by atoms with Gasteiger partial charge in [-0.3, -0.25) is 9.78 Å². The maximum Gasteiger partial charge on any atom is 0.220 e. The van der Waals surface area contributed by atoms with Crippen molar-refractivity contribution < 1.29 is 13.2 Å². The van der Waals surface area contributed by atoms with E-state index < -0.39 is 15.1 Å². The van der Waals surface area contributed by atoms with E-state index in [4.69, 9.17) is 0 Å². The van der Waals surface area contributed by atoms with Crippen LogP contribution in [0.5, 0.6) is 0 Å². The van der Waals surface area contributed by atoms with Gasteiger partial charge in [-0.05, 0) is 35.7 Å². The first-order valence-electron chi connectivity index (χ1n) is 9.07. The monoisotopic (exact) mass is 394 g/mol. The number of aryl methyl sites for hydroxylation is 1. The minimum Gasteiger partial charge on any atom is -0.354 e. The maximum absolute atomic E-state index is 13.1. The van der Waals surface area contributed by atoms with Gasteiger partial charge in [-0.1, -0.05) is 54.6 Å². The van der Waals surface area contributed by atoms with Gasteiger partial charge in [0, 0.05) is 25.4 Å². The number of carbonyl (C=O) groups is 1. The molecule has 0 fully saturated rings. The fourth-order valence-electron chi connectivity index (χ4n) is 2.95. The highest BCUT2D eigenvalue weighted by atomic mass is 32.2. The number of carbonyl (C=O) groups excluding carboxylic acids is 1. The Morgan fingerprint density at radius 3 is 2.25 bits per heavy atom. The van der Waals surface area contributed by atoms with Crippen molar-refractivity contribution in [1.82, 2.24) is 10.3 Å². The van der Waals surface area contributed by atoms with E-state index in [1.807, 2.05) is 30.3 Å². The van der Waals surface area contributed by atoms with E-state index in [0.717, 1.165) is 5.56 Å². The van der Waals surface area contributed by atoms with Gasteiger partial charge in [-0.15, -0.1) is 0 Å². The fourth-order valence-corrected chi connectivity index (χ4v) is 4.61. The number of hydrogen-bond donors (Lipinski definition) is 1. The lowest BCUT2D eigenvalue weighted by atomic mass is 10.1. The van der Waals surface area contributed by atoms with E-state index in [0.29, 0.717) is 18.4 Å². The summed E-state index contributed by atoms with van der Waals surface area (Å²) in [5.74, 6) is -0.180. The van der Waals surface area contributed by atoms with Crippen molar-refractivity contribution >= 4 is 15.7 Å². The zero-order valence-electron chi connectivity index (χ0n) is 15.4. The summed E-state index contributed by atoms with van der Waals surface area (Å²) in [6.45, 7) is -0.00343. The number of nitrogens with one attached hydrogen (secondary N) is 1. The van der Waals surface area contributed by atoms with Crippen LogP contribution in [0.25, 0.3) is 0 Å². The smallest absolute Gasteiger partial charge is 0.220 e. The van der Waals surface area contributed by atoms with Crippen LogP contribution in [0.3, 0.4) is 0 Å². The molecular weight excluding hydrogens is 372 g/mol. The van der Waals surface area contributed by atoms with Crippen LogP contribution in [0.4, 0.5) is 0 Å². The third kappa shape index (κ3) is 5.04. The van der Waals surface area contributed by atoms with Gasteiger partial charge in [0.15, 0.2) is 9.84 Å². The Morgan fingerprint density at radius 2 is 1.61 bits per heavy atom. The van der Waals surface area contributed by atoms with Crippen molar-refractivity contribution in [3.8, 4) is 0 Å². The van der Waals surface area contributed by atoms with Gasteiger partial charge < -0.3 is 5.32 Å². The van der Waals surface area contributed by atoms with E-state index in [-0.39, 0.29) is 17.3 Å². The minimum atomic E-state index is -3.67. The Balaban J connectivity index is 1.72. The Labute approximate surface area is 165 Å². The topological polar surface area (TPSA) is 76.1 Å². The van der Waals surface area contributed by atoms with Crippen LogP contribution in [0.1, 0.15) is 22.8 Å². The maximum atomic E-state index is 13.1. The molecule has 3 aromatic rings. The van der Waals surface area contributed by atoms with Crippen LogP contribution in [-0.4, -0.2) is 25.9 Å². The molecular formula is C22H22N2O3S. The molecule has 0 aliphatic carbocycles. The quantitative estimate of drug-likeness (QED) is 0.636. The van der Waals surface area contributed by atoms with Crippen molar-refractivity contribution in [1.29, 1.82) is 0 Å². The van der Waals surface area contributed by atoms with Crippen molar-refractivity contribution in [2.45, 2.75) is 23.0 Å². The van der Waals surface area contributed by atoms with Gasteiger partial charge in [0.25, 0.3) is 0 Å². The first-order chi connectivity index (χ1) is 13.6. The lowest BCUT2D eigenvalue weighted by Crippen LogP contribution is -2.32. The number of nitrogens with zero attached hydrogens (tertiary/aromatic N) is 1.